The molecule has 4 nitrogen and oxygen atoms in total. The van der Waals surface area contributed by atoms with Gasteiger partial charge in [0.1, 0.15) is 4.88 Å². The van der Waals surface area contributed by atoms with Crippen molar-refractivity contribution in [1.82, 2.24) is 14.7 Å². The van der Waals surface area contributed by atoms with Crippen LogP contribution in [-0.2, 0) is 0 Å². The molecule has 0 saturated heterocycles. The second-order valence-corrected chi connectivity index (χ2v) is 8.70. The van der Waals surface area contributed by atoms with Crippen molar-refractivity contribution in [3.63, 3.8) is 0 Å². The van der Waals surface area contributed by atoms with Crippen LogP contribution in [0.25, 0.3) is 39.0 Å². The Hall–Kier alpha value is -3.09. The summed E-state index contributed by atoms with van der Waals surface area (Å²) in [5.74, 6) is 1.13. The number of thiophene rings is 1. The quantitative estimate of drug-likeness (QED) is 0.283. The Labute approximate surface area is 183 Å². The third-order valence-electron chi connectivity index (χ3n) is 4.93. The van der Waals surface area contributed by atoms with Crippen molar-refractivity contribution >= 4 is 23.1 Å². The second kappa shape index (κ2) is 7.97. The highest BCUT2D eigenvalue weighted by Crippen LogP contribution is 2.41. The maximum atomic E-state index is 5.70. The molecule has 2 aromatic carbocycles. The van der Waals surface area contributed by atoms with Gasteiger partial charge in [-0.1, -0.05) is 35.0 Å². The van der Waals surface area contributed by atoms with Crippen LogP contribution in [0, 0.1) is 6.92 Å². The molecule has 3 heterocycles. The van der Waals surface area contributed by atoms with Gasteiger partial charge in [-0.25, -0.2) is 0 Å². The summed E-state index contributed by atoms with van der Waals surface area (Å²) in [5.41, 5.74) is 5.56. The van der Waals surface area contributed by atoms with Crippen molar-refractivity contribution in [2.45, 2.75) is 11.8 Å². The summed E-state index contributed by atoms with van der Waals surface area (Å²) in [5, 5.41) is 6.40. The van der Waals surface area contributed by atoms with Crippen LogP contribution in [0.15, 0.2) is 87.9 Å². The average Bonchev–Trinajstić information content (AvgIpc) is 3.53. The van der Waals surface area contributed by atoms with E-state index in [1.54, 1.807) is 23.1 Å². The van der Waals surface area contributed by atoms with Gasteiger partial charge in [-0.05, 0) is 55.1 Å². The molecule has 5 rings (SSSR count). The van der Waals surface area contributed by atoms with E-state index in [9.17, 15) is 0 Å². The molecule has 0 N–H and O–H groups in total. The van der Waals surface area contributed by atoms with Crippen LogP contribution < -0.4 is 0 Å². The van der Waals surface area contributed by atoms with Crippen molar-refractivity contribution in [3.8, 4) is 39.0 Å². The van der Waals surface area contributed by atoms with E-state index in [-0.39, 0.29) is 0 Å². The van der Waals surface area contributed by atoms with E-state index in [0.29, 0.717) is 11.7 Å². The molecule has 0 atom stereocenters. The number of hydrogen-bond acceptors (Lipinski definition) is 5. The maximum absolute atomic E-state index is 5.70. The Balaban J connectivity index is 1.61. The lowest BCUT2D eigenvalue weighted by molar-refractivity contribution is 0.433. The normalized spacial score (nSPS) is 11.1. The molecule has 0 spiro atoms. The van der Waals surface area contributed by atoms with Crippen molar-refractivity contribution in [3.05, 3.63) is 84.0 Å². The van der Waals surface area contributed by atoms with Gasteiger partial charge in [0.2, 0.25) is 5.82 Å². The van der Waals surface area contributed by atoms with Gasteiger partial charge in [-0.3, -0.25) is 0 Å². The monoisotopic (exact) mass is 429 g/mol. The fourth-order valence-corrected chi connectivity index (χ4v) is 4.84. The highest BCUT2D eigenvalue weighted by Gasteiger charge is 2.21. The Morgan fingerprint density at radius 2 is 1.77 bits per heavy atom. The lowest BCUT2D eigenvalue weighted by atomic mass is 10.0. The van der Waals surface area contributed by atoms with Crippen LogP contribution in [0.1, 0.15) is 5.56 Å². The Morgan fingerprint density at radius 3 is 2.50 bits per heavy atom. The Morgan fingerprint density at radius 1 is 0.967 bits per heavy atom. The van der Waals surface area contributed by atoms with Crippen LogP contribution >= 0.6 is 23.1 Å². The van der Waals surface area contributed by atoms with E-state index in [0.717, 1.165) is 21.7 Å². The molecule has 5 aromatic rings. The zero-order chi connectivity index (χ0) is 20.5. The van der Waals surface area contributed by atoms with Crippen LogP contribution in [0.2, 0.25) is 0 Å². The van der Waals surface area contributed by atoms with Gasteiger partial charge in [0.15, 0.2) is 0 Å². The SMILES string of the molecule is CSc1ccc(-c2noc(-c3scc(-c4cccc(C)c4)c3-n3cccc3)n2)cc1. The number of aryl methyl sites for hydroxylation is 1. The molecule has 0 aliphatic heterocycles. The van der Waals surface area contributed by atoms with Crippen LogP contribution in [0.3, 0.4) is 0 Å². The summed E-state index contributed by atoms with van der Waals surface area (Å²) in [4.78, 5) is 6.88. The standard InChI is InChI=1S/C24H19N3OS2/c1-16-6-5-7-18(14-16)20-15-30-22(21(20)27-12-3-4-13-27)24-25-23(26-28-24)17-8-10-19(29-2)11-9-17/h3-15H,1-2H3. The van der Waals surface area contributed by atoms with Gasteiger partial charge >= 0.3 is 0 Å². The predicted octanol–water partition coefficient (Wildman–Crippen LogP) is 6.95. The lowest BCUT2D eigenvalue weighted by Crippen LogP contribution is -1.93. The van der Waals surface area contributed by atoms with Crippen molar-refractivity contribution in [1.29, 1.82) is 0 Å². The predicted molar refractivity (Wildman–Crippen MR) is 124 cm³/mol. The van der Waals surface area contributed by atoms with Gasteiger partial charge in [0, 0.05) is 33.8 Å². The highest BCUT2D eigenvalue weighted by molar-refractivity contribution is 7.98. The number of aromatic nitrogens is 3. The lowest BCUT2D eigenvalue weighted by Gasteiger charge is -2.08. The Kier molecular flexibility index (Phi) is 5.02. The maximum Gasteiger partial charge on any atom is 0.270 e. The van der Waals surface area contributed by atoms with Gasteiger partial charge < -0.3 is 9.09 Å². The smallest absolute Gasteiger partial charge is 0.270 e. The van der Waals surface area contributed by atoms with E-state index in [1.807, 2.05) is 36.7 Å². The summed E-state index contributed by atoms with van der Waals surface area (Å²) in [6.07, 6.45) is 6.15. The summed E-state index contributed by atoms with van der Waals surface area (Å²) >= 11 is 3.33. The third-order valence-corrected chi connectivity index (χ3v) is 6.63. The molecule has 3 aromatic heterocycles. The van der Waals surface area contributed by atoms with Crippen LogP contribution in [0.5, 0.6) is 0 Å². The van der Waals surface area contributed by atoms with Crippen LogP contribution in [0.4, 0.5) is 0 Å². The van der Waals surface area contributed by atoms with Gasteiger partial charge in [-0.15, -0.1) is 23.1 Å². The van der Waals surface area contributed by atoms with E-state index in [4.69, 9.17) is 9.51 Å². The number of thioether (sulfide) groups is 1. The zero-order valence-corrected chi connectivity index (χ0v) is 18.2. The zero-order valence-electron chi connectivity index (χ0n) is 16.6. The molecule has 0 amide bonds. The summed E-state index contributed by atoms with van der Waals surface area (Å²) < 4.78 is 7.82. The third kappa shape index (κ3) is 3.49. The van der Waals surface area contributed by atoms with Crippen LogP contribution in [-0.4, -0.2) is 21.0 Å². The highest BCUT2D eigenvalue weighted by atomic mass is 32.2. The fraction of sp³-hybridized carbons (Fsp3) is 0.0833. The second-order valence-electron chi connectivity index (χ2n) is 6.94. The van der Waals surface area contributed by atoms with Crippen molar-refractivity contribution < 1.29 is 4.52 Å². The van der Waals surface area contributed by atoms with Gasteiger partial charge in [0.25, 0.3) is 5.89 Å². The molecule has 148 valence electrons. The number of rotatable bonds is 5. The van der Waals surface area contributed by atoms with E-state index in [2.05, 4.69) is 64.7 Å². The molecule has 0 aliphatic carbocycles. The average molecular weight is 430 g/mol. The largest absolute Gasteiger partial charge is 0.333 e. The molecular weight excluding hydrogens is 410 g/mol. The number of nitrogens with zero attached hydrogens (tertiary/aromatic N) is 3. The molecule has 0 aliphatic rings. The molecule has 0 saturated carbocycles. The minimum Gasteiger partial charge on any atom is -0.333 e. The van der Waals surface area contributed by atoms with Gasteiger partial charge in [0.05, 0.1) is 5.69 Å². The first-order chi connectivity index (χ1) is 14.7. The first-order valence-corrected chi connectivity index (χ1v) is 11.6. The van der Waals surface area contributed by atoms with E-state index >= 15 is 0 Å². The van der Waals surface area contributed by atoms with Crippen molar-refractivity contribution in [2.75, 3.05) is 6.26 Å². The minimum absolute atomic E-state index is 0.534. The molecule has 0 unspecified atom stereocenters. The Bertz CT molecular complexity index is 1280. The first kappa shape index (κ1) is 18.9. The molecule has 0 radical (unpaired) electrons. The minimum atomic E-state index is 0.534. The fourth-order valence-electron chi connectivity index (χ4n) is 3.43. The summed E-state index contributed by atoms with van der Waals surface area (Å²) in [6, 6.07) is 20.8. The van der Waals surface area contributed by atoms with Gasteiger partial charge in [-0.2, -0.15) is 4.98 Å². The van der Waals surface area contributed by atoms with Crippen molar-refractivity contribution in [2.24, 2.45) is 0 Å². The molecule has 0 fully saturated rings. The topological polar surface area (TPSA) is 43.9 Å². The number of benzene rings is 2. The first-order valence-electron chi connectivity index (χ1n) is 9.53. The van der Waals surface area contributed by atoms with E-state index in [1.165, 1.54) is 16.0 Å². The molecule has 6 heteroatoms. The molecular formula is C24H19N3OS2. The summed E-state index contributed by atoms with van der Waals surface area (Å²) in [7, 11) is 0. The number of hydrogen-bond donors (Lipinski definition) is 0. The van der Waals surface area contributed by atoms with E-state index < -0.39 is 0 Å². The molecule has 0 bridgehead atoms. The summed E-state index contributed by atoms with van der Waals surface area (Å²) in [6.45, 7) is 2.11. The molecule has 30 heavy (non-hydrogen) atoms.